The number of benzene rings is 2. The van der Waals surface area contributed by atoms with Crippen LogP contribution in [0, 0.1) is 0 Å². The molecule has 0 atom stereocenters. The van der Waals surface area contributed by atoms with E-state index >= 15 is 0 Å². The maximum Gasteiger partial charge on any atom is 0.231 e. The molecule has 0 aliphatic rings. The number of amides is 1. The lowest BCUT2D eigenvalue weighted by Gasteiger charge is -2.22. The molecular formula is C20H23NO4. The standard InChI is InChI=1S/C20H23NO4/c1-5-11-21(16-9-7-6-8-10-16)19(22)14-15-12-17(23-2)20(25-4)18(13-15)24-3/h5-10,12-13H,1,11,14H2,2-4H3. The van der Waals surface area contributed by atoms with E-state index in [1.54, 1.807) is 44.4 Å². The number of para-hydroxylation sites is 1. The Morgan fingerprint density at radius 3 is 2.12 bits per heavy atom. The lowest BCUT2D eigenvalue weighted by molar-refractivity contribution is -0.117. The molecule has 0 aliphatic heterocycles. The number of hydrogen-bond donors (Lipinski definition) is 0. The first-order chi connectivity index (χ1) is 12.1. The van der Waals surface area contributed by atoms with Gasteiger partial charge in [-0.25, -0.2) is 0 Å². The lowest BCUT2D eigenvalue weighted by Crippen LogP contribution is -2.32. The second kappa shape index (κ2) is 8.78. The number of carbonyl (C=O) groups excluding carboxylic acids is 1. The second-order valence-electron chi connectivity index (χ2n) is 5.34. The highest BCUT2D eigenvalue weighted by Crippen LogP contribution is 2.38. The Balaban J connectivity index is 2.30. The summed E-state index contributed by atoms with van der Waals surface area (Å²) >= 11 is 0. The van der Waals surface area contributed by atoms with Crippen LogP contribution >= 0.6 is 0 Å². The molecule has 0 aromatic heterocycles. The van der Waals surface area contributed by atoms with Crippen molar-refractivity contribution in [2.45, 2.75) is 6.42 Å². The average molecular weight is 341 g/mol. The molecule has 2 aromatic carbocycles. The van der Waals surface area contributed by atoms with Crippen molar-refractivity contribution in [2.75, 3.05) is 32.8 Å². The maximum absolute atomic E-state index is 12.8. The minimum atomic E-state index is -0.0413. The number of nitrogens with zero attached hydrogens (tertiary/aromatic N) is 1. The maximum atomic E-state index is 12.8. The third kappa shape index (κ3) is 4.32. The van der Waals surface area contributed by atoms with Crippen molar-refractivity contribution >= 4 is 11.6 Å². The van der Waals surface area contributed by atoms with Gasteiger partial charge in [-0.15, -0.1) is 6.58 Å². The number of rotatable bonds is 8. The van der Waals surface area contributed by atoms with Crippen molar-refractivity contribution in [1.82, 2.24) is 0 Å². The van der Waals surface area contributed by atoms with Crippen molar-refractivity contribution in [3.05, 3.63) is 60.7 Å². The van der Waals surface area contributed by atoms with Gasteiger partial charge in [-0.05, 0) is 29.8 Å². The van der Waals surface area contributed by atoms with E-state index in [-0.39, 0.29) is 12.3 Å². The molecule has 0 radical (unpaired) electrons. The van der Waals surface area contributed by atoms with E-state index in [9.17, 15) is 4.79 Å². The van der Waals surface area contributed by atoms with Gasteiger partial charge < -0.3 is 19.1 Å². The number of hydrogen-bond acceptors (Lipinski definition) is 4. The normalized spacial score (nSPS) is 10.0. The van der Waals surface area contributed by atoms with Crippen molar-refractivity contribution < 1.29 is 19.0 Å². The molecule has 0 fully saturated rings. The van der Waals surface area contributed by atoms with Gasteiger partial charge in [-0.1, -0.05) is 24.3 Å². The summed E-state index contributed by atoms with van der Waals surface area (Å²) in [6, 6.07) is 13.1. The minimum absolute atomic E-state index is 0.0413. The molecule has 0 N–H and O–H groups in total. The van der Waals surface area contributed by atoms with Crippen LogP contribution < -0.4 is 19.1 Å². The number of carbonyl (C=O) groups is 1. The molecule has 0 saturated carbocycles. The molecule has 25 heavy (non-hydrogen) atoms. The first-order valence-electron chi connectivity index (χ1n) is 7.89. The Hall–Kier alpha value is -2.95. The molecule has 0 saturated heterocycles. The molecule has 2 rings (SSSR count). The highest BCUT2D eigenvalue weighted by molar-refractivity contribution is 5.95. The fraction of sp³-hybridized carbons (Fsp3) is 0.250. The molecule has 5 heteroatoms. The van der Waals surface area contributed by atoms with Crippen LogP contribution in [0.3, 0.4) is 0 Å². The van der Waals surface area contributed by atoms with Crippen LogP contribution in [0.15, 0.2) is 55.1 Å². The number of methoxy groups -OCH3 is 3. The fourth-order valence-electron chi connectivity index (χ4n) is 2.60. The number of anilines is 1. The largest absolute Gasteiger partial charge is 0.493 e. The van der Waals surface area contributed by atoms with Gasteiger partial charge in [0.2, 0.25) is 11.7 Å². The first kappa shape index (κ1) is 18.4. The van der Waals surface area contributed by atoms with Gasteiger partial charge in [0.25, 0.3) is 0 Å². The summed E-state index contributed by atoms with van der Waals surface area (Å²) < 4.78 is 16.0. The Kier molecular flexibility index (Phi) is 6.46. The van der Waals surface area contributed by atoms with E-state index in [1.165, 1.54) is 0 Å². The Labute approximate surface area is 148 Å². The molecule has 1 amide bonds. The van der Waals surface area contributed by atoms with Crippen LogP contribution in [0.2, 0.25) is 0 Å². The molecule has 0 unspecified atom stereocenters. The van der Waals surface area contributed by atoms with Crippen molar-refractivity contribution in [3.8, 4) is 17.2 Å². The van der Waals surface area contributed by atoms with Crippen molar-refractivity contribution in [3.63, 3.8) is 0 Å². The fourth-order valence-corrected chi connectivity index (χ4v) is 2.60. The van der Waals surface area contributed by atoms with Gasteiger partial charge in [0, 0.05) is 12.2 Å². The molecule has 0 heterocycles. The summed E-state index contributed by atoms with van der Waals surface area (Å²) in [5.74, 6) is 1.52. The summed E-state index contributed by atoms with van der Waals surface area (Å²) in [6.07, 6.45) is 1.92. The summed E-state index contributed by atoms with van der Waals surface area (Å²) in [6.45, 7) is 4.18. The minimum Gasteiger partial charge on any atom is -0.493 e. The average Bonchev–Trinajstić information content (AvgIpc) is 2.65. The van der Waals surface area contributed by atoms with Crippen LogP contribution in [-0.4, -0.2) is 33.8 Å². The predicted molar refractivity (Wildman–Crippen MR) is 98.8 cm³/mol. The first-order valence-corrected chi connectivity index (χ1v) is 7.89. The molecule has 0 aliphatic carbocycles. The second-order valence-corrected chi connectivity index (χ2v) is 5.34. The predicted octanol–water partition coefficient (Wildman–Crippen LogP) is 3.47. The molecule has 132 valence electrons. The third-order valence-corrected chi connectivity index (χ3v) is 3.76. The zero-order chi connectivity index (χ0) is 18.2. The molecular weight excluding hydrogens is 318 g/mol. The van der Waals surface area contributed by atoms with E-state index in [4.69, 9.17) is 14.2 Å². The van der Waals surface area contributed by atoms with Gasteiger partial charge in [0.1, 0.15) is 0 Å². The van der Waals surface area contributed by atoms with Gasteiger partial charge in [-0.2, -0.15) is 0 Å². The summed E-state index contributed by atoms with van der Waals surface area (Å²) in [4.78, 5) is 14.5. The van der Waals surface area contributed by atoms with Gasteiger partial charge in [0.05, 0.1) is 27.8 Å². The van der Waals surface area contributed by atoms with Crippen LogP contribution in [0.5, 0.6) is 17.2 Å². The Bertz CT molecular complexity index is 703. The van der Waals surface area contributed by atoms with Crippen molar-refractivity contribution in [2.24, 2.45) is 0 Å². The highest BCUT2D eigenvalue weighted by atomic mass is 16.5. The molecule has 2 aromatic rings. The van der Waals surface area contributed by atoms with E-state index in [2.05, 4.69) is 6.58 Å². The summed E-state index contributed by atoms with van der Waals surface area (Å²) in [5.41, 5.74) is 1.62. The van der Waals surface area contributed by atoms with Gasteiger partial charge in [0.15, 0.2) is 11.5 Å². The van der Waals surface area contributed by atoms with E-state index in [0.29, 0.717) is 23.8 Å². The number of ether oxygens (including phenoxy) is 3. The highest BCUT2D eigenvalue weighted by Gasteiger charge is 2.18. The quantitative estimate of drug-likeness (QED) is 0.690. The zero-order valence-corrected chi connectivity index (χ0v) is 14.8. The monoisotopic (exact) mass is 341 g/mol. The summed E-state index contributed by atoms with van der Waals surface area (Å²) in [7, 11) is 4.65. The summed E-state index contributed by atoms with van der Waals surface area (Å²) in [5, 5.41) is 0. The Morgan fingerprint density at radius 2 is 1.64 bits per heavy atom. The lowest BCUT2D eigenvalue weighted by atomic mass is 10.1. The van der Waals surface area contributed by atoms with Crippen molar-refractivity contribution in [1.29, 1.82) is 0 Å². The van der Waals surface area contributed by atoms with E-state index in [0.717, 1.165) is 11.3 Å². The van der Waals surface area contributed by atoms with Crippen LogP contribution in [0.4, 0.5) is 5.69 Å². The van der Waals surface area contributed by atoms with Gasteiger partial charge in [-0.3, -0.25) is 4.79 Å². The molecule has 5 nitrogen and oxygen atoms in total. The van der Waals surface area contributed by atoms with Crippen LogP contribution in [-0.2, 0) is 11.2 Å². The van der Waals surface area contributed by atoms with Gasteiger partial charge >= 0.3 is 0 Å². The van der Waals surface area contributed by atoms with Crippen LogP contribution in [0.25, 0.3) is 0 Å². The SMILES string of the molecule is C=CCN(C(=O)Cc1cc(OC)c(OC)c(OC)c1)c1ccccc1. The van der Waals surface area contributed by atoms with E-state index in [1.807, 2.05) is 30.3 Å². The zero-order valence-electron chi connectivity index (χ0n) is 14.8. The molecule has 0 spiro atoms. The third-order valence-electron chi connectivity index (χ3n) is 3.76. The van der Waals surface area contributed by atoms with E-state index < -0.39 is 0 Å². The molecule has 0 bridgehead atoms. The van der Waals surface area contributed by atoms with Crippen LogP contribution in [0.1, 0.15) is 5.56 Å². The smallest absolute Gasteiger partial charge is 0.231 e. The topological polar surface area (TPSA) is 48.0 Å². The Morgan fingerprint density at radius 1 is 1.04 bits per heavy atom.